The van der Waals surface area contributed by atoms with E-state index in [1.54, 1.807) is 25.3 Å². The van der Waals surface area contributed by atoms with Crippen LogP contribution in [-0.4, -0.2) is 69.3 Å². The molecule has 0 bridgehead atoms. The fourth-order valence-corrected chi connectivity index (χ4v) is 2.69. The molecule has 128 valence electrons. The van der Waals surface area contributed by atoms with E-state index in [1.165, 1.54) is 0 Å². The molecular formula is C16H25ClN4O2. The van der Waals surface area contributed by atoms with Gasteiger partial charge in [0.05, 0.1) is 12.8 Å². The molecule has 2 amide bonds. The molecule has 1 aliphatic rings. The Morgan fingerprint density at radius 2 is 2.04 bits per heavy atom. The third-order valence-corrected chi connectivity index (χ3v) is 4.18. The Bertz CT molecular complexity index is 519. The second kappa shape index (κ2) is 8.96. The van der Waals surface area contributed by atoms with Crippen molar-refractivity contribution in [2.75, 3.05) is 58.7 Å². The van der Waals surface area contributed by atoms with Crippen LogP contribution < -0.4 is 15.4 Å². The first-order chi connectivity index (χ1) is 11.1. The van der Waals surface area contributed by atoms with Gasteiger partial charge in [-0.1, -0.05) is 11.6 Å². The number of anilines is 1. The number of rotatable bonds is 6. The van der Waals surface area contributed by atoms with Crippen LogP contribution in [0.5, 0.6) is 5.75 Å². The van der Waals surface area contributed by atoms with Gasteiger partial charge in [-0.05, 0) is 38.2 Å². The molecular weight excluding hydrogens is 316 g/mol. The number of nitrogens with one attached hydrogen (secondary N) is 2. The maximum absolute atomic E-state index is 11.9. The highest BCUT2D eigenvalue weighted by molar-refractivity contribution is 6.31. The Labute approximate surface area is 142 Å². The fourth-order valence-electron chi connectivity index (χ4n) is 2.52. The zero-order chi connectivity index (χ0) is 16.7. The Balaban J connectivity index is 1.68. The number of benzene rings is 1. The summed E-state index contributed by atoms with van der Waals surface area (Å²) in [4.78, 5) is 16.7. The van der Waals surface area contributed by atoms with Crippen LogP contribution in [0.15, 0.2) is 18.2 Å². The summed E-state index contributed by atoms with van der Waals surface area (Å²) in [6, 6.07) is 4.87. The molecule has 0 atom stereocenters. The zero-order valence-corrected chi connectivity index (χ0v) is 14.5. The molecule has 7 heteroatoms. The summed E-state index contributed by atoms with van der Waals surface area (Å²) in [5.74, 6) is 0.585. The van der Waals surface area contributed by atoms with Gasteiger partial charge in [-0.3, -0.25) is 0 Å². The van der Waals surface area contributed by atoms with E-state index >= 15 is 0 Å². The number of nitrogens with zero attached hydrogens (tertiary/aromatic N) is 2. The Morgan fingerprint density at radius 3 is 2.74 bits per heavy atom. The van der Waals surface area contributed by atoms with Crippen molar-refractivity contribution in [2.24, 2.45) is 0 Å². The molecule has 1 fully saturated rings. The highest BCUT2D eigenvalue weighted by Crippen LogP contribution is 2.27. The molecule has 1 saturated heterocycles. The van der Waals surface area contributed by atoms with E-state index in [4.69, 9.17) is 16.3 Å². The van der Waals surface area contributed by atoms with Gasteiger partial charge in [0.1, 0.15) is 5.75 Å². The average molecular weight is 341 g/mol. The van der Waals surface area contributed by atoms with E-state index < -0.39 is 0 Å². The number of likely N-dealkylation sites (N-methyl/N-ethyl adjacent to an activating group) is 1. The predicted octanol–water partition coefficient (Wildman–Crippen LogP) is 2.11. The fraction of sp³-hybridized carbons (Fsp3) is 0.562. The maximum atomic E-state index is 11.9. The summed E-state index contributed by atoms with van der Waals surface area (Å²) < 4.78 is 5.20. The number of methoxy groups -OCH3 is 1. The molecule has 0 spiro atoms. The van der Waals surface area contributed by atoms with Crippen LogP contribution in [0.3, 0.4) is 0 Å². The van der Waals surface area contributed by atoms with Crippen molar-refractivity contribution in [1.29, 1.82) is 0 Å². The Hall–Kier alpha value is -1.50. The number of ether oxygens (including phenoxy) is 1. The number of carbonyl (C=O) groups excluding carboxylic acids is 1. The third kappa shape index (κ3) is 5.89. The summed E-state index contributed by atoms with van der Waals surface area (Å²) in [5, 5.41) is 6.18. The molecule has 1 heterocycles. The van der Waals surface area contributed by atoms with E-state index in [2.05, 4.69) is 27.5 Å². The van der Waals surface area contributed by atoms with Crippen molar-refractivity contribution in [3.05, 3.63) is 23.2 Å². The van der Waals surface area contributed by atoms with Gasteiger partial charge in [-0.2, -0.15) is 0 Å². The molecule has 0 aliphatic carbocycles. The van der Waals surface area contributed by atoms with Gasteiger partial charge in [0.2, 0.25) is 0 Å². The lowest BCUT2D eigenvalue weighted by Gasteiger charge is -2.32. The Kier molecular flexibility index (Phi) is 6.95. The van der Waals surface area contributed by atoms with Gasteiger partial charge >= 0.3 is 6.03 Å². The monoisotopic (exact) mass is 340 g/mol. The molecule has 0 saturated carbocycles. The predicted molar refractivity (Wildman–Crippen MR) is 93.6 cm³/mol. The first-order valence-electron chi connectivity index (χ1n) is 7.88. The first kappa shape index (κ1) is 17.8. The van der Waals surface area contributed by atoms with Gasteiger partial charge < -0.3 is 25.2 Å². The number of carbonyl (C=O) groups is 1. The van der Waals surface area contributed by atoms with E-state index in [0.29, 0.717) is 23.0 Å². The molecule has 0 radical (unpaired) electrons. The number of halogens is 1. The molecule has 2 N–H and O–H groups in total. The molecule has 0 aromatic heterocycles. The van der Waals surface area contributed by atoms with E-state index in [-0.39, 0.29) is 6.03 Å². The van der Waals surface area contributed by atoms with Crippen molar-refractivity contribution >= 4 is 23.3 Å². The summed E-state index contributed by atoms with van der Waals surface area (Å²) in [6.45, 7) is 6.07. The van der Waals surface area contributed by atoms with Crippen LogP contribution in [0.1, 0.15) is 6.42 Å². The lowest BCUT2D eigenvalue weighted by Crippen LogP contribution is -2.45. The smallest absolute Gasteiger partial charge is 0.319 e. The van der Waals surface area contributed by atoms with Gasteiger partial charge in [-0.25, -0.2) is 4.79 Å². The zero-order valence-electron chi connectivity index (χ0n) is 13.8. The topological polar surface area (TPSA) is 56.8 Å². The lowest BCUT2D eigenvalue weighted by molar-refractivity contribution is 0.153. The second-order valence-corrected chi connectivity index (χ2v) is 6.16. The van der Waals surface area contributed by atoms with Crippen LogP contribution in [0.4, 0.5) is 10.5 Å². The van der Waals surface area contributed by atoms with Crippen LogP contribution >= 0.6 is 11.6 Å². The number of hydrogen-bond donors (Lipinski definition) is 2. The normalized spacial score (nSPS) is 16.1. The van der Waals surface area contributed by atoms with E-state index in [9.17, 15) is 4.79 Å². The number of amides is 2. The quantitative estimate of drug-likeness (QED) is 0.779. The maximum Gasteiger partial charge on any atom is 0.319 e. The van der Waals surface area contributed by atoms with Crippen LogP contribution in [0, 0.1) is 0 Å². The highest BCUT2D eigenvalue weighted by Gasteiger charge is 2.13. The SMILES string of the molecule is COc1ccc(Cl)cc1NC(=O)NCCCN1CCN(C)CC1. The van der Waals surface area contributed by atoms with Gasteiger partial charge in [-0.15, -0.1) is 0 Å². The molecule has 1 aliphatic heterocycles. The minimum absolute atomic E-state index is 0.246. The van der Waals surface area contributed by atoms with E-state index in [1.807, 2.05) is 0 Å². The summed E-state index contributed by atoms with van der Waals surface area (Å²) in [6.07, 6.45) is 0.934. The summed E-state index contributed by atoms with van der Waals surface area (Å²) >= 11 is 5.94. The highest BCUT2D eigenvalue weighted by atomic mass is 35.5. The number of hydrogen-bond acceptors (Lipinski definition) is 4. The first-order valence-corrected chi connectivity index (χ1v) is 8.25. The van der Waals surface area contributed by atoms with Crippen molar-refractivity contribution in [3.8, 4) is 5.75 Å². The molecule has 0 unspecified atom stereocenters. The minimum atomic E-state index is -0.246. The minimum Gasteiger partial charge on any atom is -0.495 e. The second-order valence-electron chi connectivity index (χ2n) is 5.72. The average Bonchev–Trinajstić information content (AvgIpc) is 2.53. The van der Waals surface area contributed by atoms with Crippen molar-refractivity contribution < 1.29 is 9.53 Å². The molecule has 23 heavy (non-hydrogen) atoms. The lowest BCUT2D eigenvalue weighted by atomic mass is 10.3. The van der Waals surface area contributed by atoms with Crippen molar-refractivity contribution in [1.82, 2.24) is 15.1 Å². The molecule has 1 aromatic rings. The van der Waals surface area contributed by atoms with Gasteiger partial charge in [0.15, 0.2) is 0 Å². The van der Waals surface area contributed by atoms with E-state index in [0.717, 1.165) is 39.1 Å². The number of urea groups is 1. The molecule has 6 nitrogen and oxygen atoms in total. The largest absolute Gasteiger partial charge is 0.495 e. The number of piperazine rings is 1. The standard InChI is InChI=1S/C16H25ClN4O2/c1-20-8-10-21(11-9-20)7-3-6-18-16(22)19-14-12-13(17)4-5-15(14)23-2/h4-5,12H,3,6-11H2,1-2H3,(H2,18,19,22). The summed E-state index contributed by atoms with van der Waals surface area (Å²) in [5.41, 5.74) is 0.566. The van der Waals surface area contributed by atoms with Crippen molar-refractivity contribution in [3.63, 3.8) is 0 Å². The Morgan fingerprint density at radius 1 is 1.30 bits per heavy atom. The summed E-state index contributed by atoms with van der Waals surface area (Å²) in [7, 11) is 3.70. The third-order valence-electron chi connectivity index (χ3n) is 3.94. The van der Waals surface area contributed by atoms with Crippen LogP contribution in [0.2, 0.25) is 5.02 Å². The molecule has 2 rings (SSSR count). The van der Waals surface area contributed by atoms with Crippen molar-refractivity contribution in [2.45, 2.75) is 6.42 Å². The van der Waals surface area contributed by atoms with Gasteiger partial charge in [0.25, 0.3) is 0 Å². The van der Waals surface area contributed by atoms with Crippen LogP contribution in [0.25, 0.3) is 0 Å². The van der Waals surface area contributed by atoms with Gasteiger partial charge in [0, 0.05) is 37.7 Å². The molecule has 1 aromatic carbocycles. The van der Waals surface area contributed by atoms with Crippen LogP contribution in [-0.2, 0) is 0 Å².